The van der Waals surface area contributed by atoms with Gasteiger partial charge in [-0.05, 0) is 42.0 Å². The van der Waals surface area contributed by atoms with Gasteiger partial charge in [-0.3, -0.25) is 4.79 Å². The van der Waals surface area contributed by atoms with E-state index < -0.39 is 0 Å². The number of carbonyl (C=O) groups is 1. The molecule has 5 heteroatoms. The molecule has 1 aromatic heterocycles. The van der Waals surface area contributed by atoms with Crippen LogP contribution in [0, 0.1) is 5.41 Å². The molecule has 2 rings (SSSR count). The van der Waals surface area contributed by atoms with Gasteiger partial charge in [0.2, 0.25) is 5.91 Å². The first-order valence-electron chi connectivity index (χ1n) is 8.76. The first-order chi connectivity index (χ1) is 11.9. The molecule has 5 nitrogen and oxygen atoms in total. The van der Waals surface area contributed by atoms with Gasteiger partial charge in [-0.25, -0.2) is 0 Å². The smallest absolute Gasteiger partial charge is 0.257 e. The van der Waals surface area contributed by atoms with Crippen LogP contribution in [0.4, 0.5) is 0 Å². The van der Waals surface area contributed by atoms with Crippen LogP contribution in [0.5, 0.6) is 0 Å². The Morgan fingerprint density at radius 3 is 2.60 bits per heavy atom. The largest absolute Gasteiger partial charge is 0.353 e. The fourth-order valence-electron chi connectivity index (χ4n) is 2.22. The van der Waals surface area contributed by atoms with Crippen LogP contribution in [0.2, 0.25) is 0 Å². The highest BCUT2D eigenvalue weighted by Gasteiger charge is 2.10. The summed E-state index contributed by atoms with van der Waals surface area (Å²) in [5.41, 5.74) is 2.04. The molecule has 1 aromatic carbocycles. The summed E-state index contributed by atoms with van der Waals surface area (Å²) in [6.45, 7) is 9.24. The highest BCUT2D eigenvalue weighted by Crippen LogP contribution is 2.19. The molecule has 1 N–H and O–H groups in total. The van der Waals surface area contributed by atoms with Gasteiger partial charge in [0.15, 0.2) is 5.82 Å². The van der Waals surface area contributed by atoms with Crippen molar-refractivity contribution in [1.29, 1.82) is 0 Å². The normalized spacial score (nSPS) is 11.8. The van der Waals surface area contributed by atoms with Gasteiger partial charge in [0, 0.05) is 24.6 Å². The molecule has 134 valence electrons. The number of rotatable bonds is 7. The minimum Gasteiger partial charge on any atom is -0.353 e. The van der Waals surface area contributed by atoms with Crippen molar-refractivity contribution in [2.24, 2.45) is 5.41 Å². The molecule has 0 saturated carbocycles. The predicted molar refractivity (Wildman–Crippen MR) is 99.8 cm³/mol. The van der Waals surface area contributed by atoms with Crippen LogP contribution in [-0.2, 0) is 11.2 Å². The molecule has 0 saturated heterocycles. The standard InChI is InChI=1S/C20H27N3O2/c1-5-6-17-22-19(25-23-17)16-10-7-15(8-11-16)9-12-18(24)21-14-13-20(2,3)4/h7-12H,5-6,13-14H2,1-4H3,(H,21,24). The van der Waals surface area contributed by atoms with Crippen LogP contribution in [0.15, 0.2) is 34.9 Å². The molecule has 0 spiro atoms. The summed E-state index contributed by atoms with van der Waals surface area (Å²) in [4.78, 5) is 16.2. The molecule has 2 aromatic rings. The quantitative estimate of drug-likeness (QED) is 0.764. The van der Waals surface area contributed by atoms with E-state index in [1.54, 1.807) is 12.2 Å². The maximum absolute atomic E-state index is 11.8. The Labute approximate surface area is 149 Å². The Kier molecular flexibility index (Phi) is 6.51. The molecule has 0 fully saturated rings. The third-order valence-electron chi connectivity index (χ3n) is 3.70. The Morgan fingerprint density at radius 1 is 1.24 bits per heavy atom. The monoisotopic (exact) mass is 341 g/mol. The molecule has 0 atom stereocenters. The van der Waals surface area contributed by atoms with E-state index in [-0.39, 0.29) is 11.3 Å². The number of nitrogens with one attached hydrogen (secondary N) is 1. The molecule has 0 aliphatic carbocycles. The van der Waals surface area contributed by atoms with Crippen LogP contribution in [0.1, 0.15) is 51.9 Å². The molecule has 1 amide bonds. The number of benzene rings is 1. The average molecular weight is 341 g/mol. The van der Waals surface area contributed by atoms with E-state index in [0.717, 1.165) is 36.2 Å². The summed E-state index contributed by atoms with van der Waals surface area (Å²) < 4.78 is 5.27. The van der Waals surface area contributed by atoms with Crippen molar-refractivity contribution in [1.82, 2.24) is 15.5 Å². The molecular weight excluding hydrogens is 314 g/mol. The molecule has 0 unspecified atom stereocenters. The minimum absolute atomic E-state index is 0.0746. The van der Waals surface area contributed by atoms with Gasteiger partial charge < -0.3 is 9.84 Å². The predicted octanol–water partition coefficient (Wildman–Crippen LogP) is 4.25. The molecule has 0 aliphatic rings. The van der Waals surface area contributed by atoms with Crippen LogP contribution in [-0.4, -0.2) is 22.6 Å². The zero-order valence-electron chi connectivity index (χ0n) is 15.5. The van der Waals surface area contributed by atoms with E-state index in [1.807, 2.05) is 24.3 Å². The second kappa shape index (κ2) is 8.60. The summed E-state index contributed by atoms with van der Waals surface area (Å²) in [5, 5.41) is 6.86. The van der Waals surface area contributed by atoms with E-state index in [4.69, 9.17) is 4.52 Å². The van der Waals surface area contributed by atoms with Crippen molar-refractivity contribution in [3.63, 3.8) is 0 Å². The van der Waals surface area contributed by atoms with Gasteiger partial charge >= 0.3 is 0 Å². The summed E-state index contributed by atoms with van der Waals surface area (Å²) in [7, 11) is 0. The third kappa shape index (κ3) is 6.53. The summed E-state index contributed by atoms with van der Waals surface area (Å²) in [5.74, 6) is 1.18. The average Bonchev–Trinajstić information content (AvgIpc) is 3.01. The maximum atomic E-state index is 11.8. The number of amides is 1. The Morgan fingerprint density at radius 2 is 1.96 bits per heavy atom. The first-order valence-corrected chi connectivity index (χ1v) is 8.76. The first kappa shape index (κ1) is 18.9. The second-order valence-electron chi connectivity index (χ2n) is 7.32. The molecule has 0 bridgehead atoms. The topological polar surface area (TPSA) is 68.0 Å². The Hall–Kier alpha value is -2.43. The second-order valence-corrected chi connectivity index (χ2v) is 7.32. The van der Waals surface area contributed by atoms with Gasteiger partial charge in [-0.2, -0.15) is 4.98 Å². The number of nitrogens with zero attached hydrogens (tertiary/aromatic N) is 2. The van der Waals surface area contributed by atoms with Crippen molar-refractivity contribution in [3.8, 4) is 11.5 Å². The highest BCUT2D eigenvalue weighted by atomic mass is 16.5. The minimum atomic E-state index is -0.0746. The van der Waals surface area contributed by atoms with Crippen LogP contribution >= 0.6 is 0 Å². The fourth-order valence-corrected chi connectivity index (χ4v) is 2.22. The van der Waals surface area contributed by atoms with Gasteiger partial charge in [-0.15, -0.1) is 0 Å². The van der Waals surface area contributed by atoms with Crippen molar-refractivity contribution in [2.45, 2.75) is 47.0 Å². The van der Waals surface area contributed by atoms with Gasteiger partial charge in [0.25, 0.3) is 5.89 Å². The molecule has 0 aliphatic heterocycles. The van der Waals surface area contributed by atoms with E-state index in [9.17, 15) is 4.79 Å². The van der Waals surface area contributed by atoms with Crippen molar-refractivity contribution in [2.75, 3.05) is 6.54 Å². The van der Waals surface area contributed by atoms with Crippen molar-refractivity contribution >= 4 is 12.0 Å². The molecular formula is C20H27N3O2. The van der Waals surface area contributed by atoms with Gasteiger partial charge in [-0.1, -0.05) is 45.0 Å². The lowest BCUT2D eigenvalue weighted by Crippen LogP contribution is -2.25. The number of hydrogen-bond acceptors (Lipinski definition) is 4. The summed E-state index contributed by atoms with van der Waals surface area (Å²) in [6.07, 6.45) is 6.11. The van der Waals surface area contributed by atoms with E-state index in [2.05, 4.69) is 43.2 Å². The van der Waals surface area contributed by atoms with Crippen molar-refractivity contribution < 1.29 is 9.32 Å². The molecule has 25 heavy (non-hydrogen) atoms. The summed E-state index contributed by atoms with van der Waals surface area (Å²) >= 11 is 0. The lowest BCUT2D eigenvalue weighted by molar-refractivity contribution is -0.116. The van der Waals surface area contributed by atoms with Crippen molar-refractivity contribution in [3.05, 3.63) is 41.7 Å². The third-order valence-corrected chi connectivity index (χ3v) is 3.70. The SMILES string of the molecule is CCCc1noc(-c2ccc(C=CC(=O)NCCC(C)(C)C)cc2)n1. The number of aryl methyl sites for hydroxylation is 1. The van der Waals surface area contributed by atoms with Crippen LogP contribution in [0.25, 0.3) is 17.5 Å². The lowest BCUT2D eigenvalue weighted by Gasteiger charge is -2.17. The van der Waals surface area contributed by atoms with Gasteiger partial charge in [0.1, 0.15) is 0 Å². The lowest BCUT2D eigenvalue weighted by atomic mass is 9.92. The zero-order valence-corrected chi connectivity index (χ0v) is 15.5. The maximum Gasteiger partial charge on any atom is 0.257 e. The molecule has 0 radical (unpaired) electrons. The number of hydrogen-bond donors (Lipinski definition) is 1. The number of aromatic nitrogens is 2. The molecule has 1 heterocycles. The Balaban J connectivity index is 1.89. The Bertz CT molecular complexity index is 709. The highest BCUT2D eigenvalue weighted by molar-refractivity contribution is 5.91. The van der Waals surface area contributed by atoms with Crippen LogP contribution in [0.3, 0.4) is 0 Å². The van der Waals surface area contributed by atoms with E-state index >= 15 is 0 Å². The fraction of sp³-hybridized carbons (Fsp3) is 0.450. The summed E-state index contributed by atoms with van der Waals surface area (Å²) in [6, 6.07) is 7.69. The van der Waals surface area contributed by atoms with Crippen LogP contribution < -0.4 is 5.32 Å². The zero-order chi connectivity index (χ0) is 18.3. The number of carbonyl (C=O) groups excluding carboxylic acids is 1. The van der Waals surface area contributed by atoms with Gasteiger partial charge in [0.05, 0.1) is 0 Å². The van der Waals surface area contributed by atoms with E-state index in [1.165, 1.54) is 0 Å². The van der Waals surface area contributed by atoms with E-state index in [0.29, 0.717) is 12.4 Å².